The highest BCUT2D eigenvalue weighted by atomic mass is 32.2. The first-order valence-corrected chi connectivity index (χ1v) is 6.11. The summed E-state index contributed by atoms with van der Waals surface area (Å²) >= 11 is 0. The van der Waals surface area contributed by atoms with E-state index in [0.717, 1.165) is 0 Å². The quantitative estimate of drug-likeness (QED) is 0.535. The Labute approximate surface area is 78.8 Å². The van der Waals surface area contributed by atoms with Crippen molar-refractivity contribution in [1.82, 2.24) is 10.6 Å². The number of amides is 1. The monoisotopic (exact) mass is 208 g/mol. The summed E-state index contributed by atoms with van der Waals surface area (Å²) in [7, 11) is -1.31. The Balaban J connectivity index is 3.33. The van der Waals surface area contributed by atoms with Crippen LogP contribution in [0, 0.1) is 0 Å². The van der Waals surface area contributed by atoms with Crippen LogP contribution in [-0.2, 0) is 14.6 Å². The van der Waals surface area contributed by atoms with Crippen LogP contribution >= 0.6 is 0 Å². The molecule has 6 heteroatoms. The van der Waals surface area contributed by atoms with Gasteiger partial charge in [0, 0.05) is 13.3 Å². The summed E-state index contributed by atoms with van der Waals surface area (Å²) in [4.78, 5) is 10.7. The van der Waals surface area contributed by atoms with Gasteiger partial charge in [-0.1, -0.05) is 0 Å². The maximum atomic E-state index is 10.7. The van der Waals surface area contributed by atoms with E-state index < -0.39 is 9.84 Å². The van der Waals surface area contributed by atoms with Crippen molar-refractivity contribution in [2.45, 2.75) is 6.42 Å². The average molecular weight is 208 g/mol. The van der Waals surface area contributed by atoms with Gasteiger partial charge in [-0.15, -0.1) is 0 Å². The Bertz CT molecular complexity index is 248. The Morgan fingerprint density at radius 3 is 2.46 bits per heavy atom. The van der Waals surface area contributed by atoms with Gasteiger partial charge in [0.05, 0.1) is 12.3 Å². The van der Waals surface area contributed by atoms with E-state index in [1.165, 1.54) is 6.26 Å². The van der Waals surface area contributed by atoms with Crippen molar-refractivity contribution >= 4 is 15.7 Å². The van der Waals surface area contributed by atoms with Crippen LogP contribution in [0.2, 0.25) is 0 Å². The fourth-order valence-electron chi connectivity index (χ4n) is 0.750. The van der Waals surface area contributed by atoms with E-state index in [2.05, 4.69) is 10.6 Å². The summed E-state index contributed by atoms with van der Waals surface area (Å²) in [6.45, 7) is 0.779. The first-order chi connectivity index (χ1) is 5.95. The van der Waals surface area contributed by atoms with Crippen molar-refractivity contribution in [3.63, 3.8) is 0 Å². The Kier molecular flexibility index (Phi) is 5.65. The van der Waals surface area contributed by atoms with Crippen molar-refractivity contribution in [1.29, 1.82) is 0 Å². The molecule has 0 atom stereocenters. The van der Waals surface area contributed by atoms with Gasteiger partial charge < -0.3 is 10.6 Å². The largest absolute Gasteiger partial charge is 0.358 e. The molecule has 0 rings (SSSR count). The zero-order valence-electron chi connectivity index (χ0n) is 7.96. The zero-order valence-corrected chi connectivity index (χ0v) is 8.78. The Morgan fingerprint density at radius 1 is 1.38 bits per heavy atom. The predicted octanol–water partition coefficient (Wildman–Crippen LogP) is -1.24. The molecule has 0 saturated heterocycles. The van der Waals surface area contributed by atoms with E-state index in [4.69, 9.17) is 0 Å². The van der Waals surface area contributed by atoms with Gasteiger partial charge in [-0.05, 0) is 13.0 Å². The van der Waals surface area contributed by atoms with E-state index in [1.807, 2.05) is 0 Å². The number of carbonyl (C=O) groups excluding carboxylic acids is 1. The van der Waals surface area contributed by atoms with E-state index in [1.54, 1.807) is 7.05 Å². The van der Waals surface area contributed by atoms with E-state index >= 15 is 0 Å². The summed E-state index contributed by atoms with van der Waals surface area (Å²) in [6, 6.07) is 0. The lowest BCUT2D eigenvalue weighted by Gasteiger charge is -2.02. The van der Waals surface area contributed by atoms with Crippen LogP contribution in [0.1, 0.15) is 6.42 Å². The summed E-state index contributed by atoms with van der Waals surface area (Å²) in [5.74, 6) is 0.0626. The molecule has 13 heavy (non-hydrogen) atoms. The molecule has 0 aromatic carbocycles. The molecule has 0 aliphatic heterocycles. The number of hydrogen-bond donors (Lipinski definition) is 2. The fraction of sp³-hybridized carbons (Fsp3) is 0.857. The summed E-state index contributed by atoms with van der Waals surface area (Å²) < 4.78 is 21.4. The fourth-order valence-corrected chi connectivity index (χ4v) is 1.42. The Morgan fingerprint density at radius 2 is 2.00 bits per heavy atom. The third-order valence-electron chi connectivity index (χ3n) is 1.43. The normalized spacial score (nSPS) is 11.2. The van der Waals surface area contributed by atoms with E-state index in [-0.39, 0.29) is 18.2 Å². The molecule has 5 nitrogen and oxygen atoms in total. The molecule has 1 amide bonds. The molecule has 0 fully saturated rings. The molecule has 0 spiro atoms. The molecular formula is C7H16N2O3S. The first kappa shape index (κ1) is 12.4. The SMILES string of the molecule is CNC(=O)CNCCCS(C)(=O)=O. The van der Waals surface area contributed by atoms with Crippen LogP contribution in [-0.4, -0.2) is 46.5 Å². The molecule has 2 N–H and O–H groups in total. The minimum absolute atomic E-state index is 0.0978. The van der Waals surface area contributed by atoms with E-state index in [0.29, 0.717) is 13.0 Å². The number of hydrogen-bond acceptors (Lipinski definition) is 4. The second-order valence-corrected chi connectivity index (χ2v) is 5.09. The van der Waals surface area contributed by atoms with Crippen LogP contribution < -0.4 is 10.6 Å². The minimum atomic E-state index is -2.87. The highest BCUT2D eigenvalue weighted by molar-refractivity contribution is 7.90. The Hall–Kier alpha value is -0.620. The molecule has 0 aliphatic rings. The van der Waals surface area contributed by atoms with Gasteiger partial charge in [0.25, 0.3) is 0 Å². The van der Waals surface area contributed by atoms with Crippen LogP contribution in [0.4, 0.5) is 0 Å². The second-order valence-electron chi connectivity index (χ2n) is 2.83. The molecule has 0 radical (unpaired) electrons. The zero-order chi connectivity index (χ0) is 10.3. The lowest BCUT2D eigenvalue weighted by molar-refractivity contribution is -0.119. The lowest BCUT2D eigenvalue weighted by atomic mass is 10.4. The number of carbonyl (C=O) groups is 1. The van der Waals surface area contributed by atoms with Crippen molar-refractivity contribution in [3.05, 3.63) is 0 Å². The summed E-state index contributed by atoms with van der Waals surface area (Å²) in [5, 5.41) is 5.28. The number of likely N-dealkylation sites (N-methyl/N-ethyl adjacent to an activating group) is 1. The molecule has 78 valence electrons. The predicted molar refractivity (Wildman–Crippen MR) is 51.3 cm³/mol. The molecular weight excluding hydrogens is 192 g/mol. The van der Waals surface area contributed by atoms with E-state index in [9.17, 15) is 13.2 Å². The second kappa shape index (κ2) is 5.93. The average Bonchev–Trinajstić information content (AvgIpc) is 2.01. The maximum Gasteiger partial charge on any atom is 0.233 e. The van der Waals surface area contributed by atoms with Crippen LogP contribution in [0.3, 0.4) is 0 Å². The molecule has 0 aliphatic carbocycles. The molecule has 0 bridgehead atoms. The molecule has 0 aromatic rings. The number of sulfone groups is 1. The molecule has 0 unspecified atom stereocenters. The van der Waals surface area contributed by atoms with Crippen molar-refractivity contribution in [2.75, 3.05) is 32.1 Å². The van der Waals surface area contributed by atoms with Gasteiger partial charge >= 0.3 is 0 Å². The standard InChI is InChI=1S/C7H16N2O3S/c1-8-7(10)6-9-4-3-5-13(2,11)12/h9H,3-6H2,1-2H3,(H,8,10). The number of nitrogens with one attached hydrogen (secondary N) is 2. The minimum Gasteiger partial charge on any atom is -0.358 e. The summed E-state index contributed by atoms with van der Waals surface area (Å²) in [5.41, 5.74) is 0. The first-order valence-electron chi connectivity index (χ1n) is 4.05. The third kappa shape index (κ3) is 9.29. The van der Waals surface area contributed by atoms with Crippen LogP contribution in [0.15, 0.2) is 0 Å². The van der Waals surface area contributed by atoms with Gasteiger partial charge in [-0.3, -0.25) is 4.79 Å². The van der Waals surface area contributed by atoms with Crippen LogP contribution in [0.25, 0.3) is 0 Å². The van der Waals surface area contributed by atoms with Gasteiger partial charge in [0.2, 0.25) is 5.91 Å². The van der Waals surface area contributed by atoms with Crippen molar-refractivity contribution < 1.29 is 13.2 Å². The van der Waals surface area contributed by atoms with Gasteiger partial charge in [-0.25, -0.2) is 8.42 Å². The smallest absolute Gasteiger partial charge is 0.233 e. The van der Waals surface area contributed by atoms with Crippen molar-refractivity contribution in [3.8, 4) is 0 Å². The topological polar surface area (TPSA) is 75.3 Å². The maximum absolute atomic E-state index is 10.7. The third-order valence-corrected chi connectivity index (χ3v) is 2.46. The molecule has 0 aromatic heterocycles. The van der Waals surface area contributed by atoms with Gasteiger partial charge in [-0.2, -0.15) is 0 Å². The molecule has 0 heterocycles. The number of rotatable bonds is 6. The van der Waals surface area contributed by atoms with Crippen molar-refractivity contribution in [2.24, 2.45) is 0 Å². The van der Waals surface area contributed by atoms with Crippen LogP contribution in [0.5, 0.6) is 0 Å². The highest BCUT2D eigenvalue weighted by Gasteiger charge is 2.01. The highest BCUT2D eigenvalue weighted by Crippen LogP contribution is 1.86. The lowest BCUT2D eigenvalue weighted by Crippen LogP contribution is -2.32. The van der Waals surface area contributed by atoms with Gasteiger partial charge in [0.15, 0.2) is 0 Å². The molecule has 0 saturated carbocycles. The van der Waals surface area contributed by atoms with Gasteiger partial charge in [0.1, 0.15) is 9.84 Å². The summed E-state index contributed by atoms with van der Waals surface area (Å²) in [6.07, 6.45) is 1.74.